The van der Waals surface area contributed by atoms with Crippen LogP contribution < -0.4 is 11.3 Å². The van der Waals surface area contributed by atoms with Crippen LogP contribution in [0.5, 0.6) is 0 Å². The van der Waals surface area contributed by atoms with Crippen LogP contribution in [0.1, 0.15) is 24.0 Å². The zero-order valence-corrected chi connectivity index (χ0v) is 12.9. The molecule has 3 aromatic rings. The maximum atomic E-state index is 12.9. The van der Waals surface area contributed by atoms with Crippen LogP contribution in [0.15, 0.2) is 52.8 Å². The number of rotatable bonds is 2. The van der Waals surface area contributed by atoms with E-state index in [1.54, 1.807) is 15.7 Å². The van der Waals surface area contributed by atoms with Crippen molar-refractivity contribution in [1.29, 1.82) is 0 Å². The molecule has 0 bridgehead atoms. The van der Waals surface area contributed by atoms with Gasteiger partial charge in [-0.3, -0.25) is 9.20 Å². The maximum absolute atomic E-state index is 12.9. The van der Waals surface area contributed by atoms with Gasteiger partial charge >= 0.3 is 0 Å². The summed E-state index contributed by atoms with van der Waals surface area (Å²) in [6.45, 7) is 0.421. The van der Waals surface area contributed by atoms with Crippen LogP contribution >= 0.6 is 11.3 Å². The quantitative estimate of drug-likeness (QED) is 0.784. The van der Waals surface area contributed by atoms with Crippen LogP contribution in [-0.4, -0.2) is 4.40 Å². The van der Waals surface area contributed by atoms with Gasteiger partial charge in [0.2, 0.25) is 0 Å². The first-order valence-corrected chi connectivity index (χ1v) is 8.29. The Bertz CT molecular complexity index is 991. The number of hydrogen-bond acceptors (Lipinski definition) is 3. The predicted octanol–water partition coefficient (Wildman–Crippen LogP) is 3.71. The summed E-state index contributed by atoms with van der Waals surface area (Å²) in [5, 5.41) is 3.21. The summed E-state index contributed by atoms with van der Waals surface area (Å²) in [6, 6.07) is 6.04. The standard InChI is InChI=1S/C18H16N2OS/c19-11-14-10-15(12-4-2-1-3-5-12)18(21)20-8-6-13-7-9-22-17(13)16(14)20/h2,4-10H,1,3,11,19H2. The van der Waals surface area contributed by atoms with E-state index >= 15 is 0 Å². The van der Waals surface area contributed by atoms with Crippen molar-refractivity contribution in [3.8, 4) is 0 Å². The van der Waals surface area contributed by atoms with Crippen molar-refractivity contribution in [3.63, 3.8) is 0 Å². The van der Waals surface area contributed by atoms with Gasteiger partial charge in [0.05, 0.1) is 10.2 Å². The lowest BCUT2D eigenvalue weighted by Crippen LogP contribution is -2.20. The molecule has 4 rings (SSSR count). The fourth-order valence-corrected chi connectivity index (χ4v) is 4.03. The van der Waals surface area contributed by atoms with Crippen molar-refractivity contribution in [1.82, 2.24) is 4.40 Å². The van der Waals surface area contributed by atoms with Gasteiger partial charge in [0.15, 0.2) is 0 Å². The van der Waals surface area contributed by atoms with E-state index in [-0.39, 0.29) is 5.56 Å². The van der Waals surface area contributed by atoms with Crippen LogP contribution in [-0.2, 0) is 6.54 Å². The number of pyridine rings is 2. The van der Waals surface area contributed by atoms with Crippen LogP contribution in [0.4, 0.5) is 0 Å². The Hall–Kier alpha value is -2.17. The van der Waals surface area contributed by atoms with Gasteiger partial charge in [0, 0.05) is 18.3 Å². The molecule has 22 heavy (non-hydrogen) atoms. The van der Waals surface area contributed by atoms with Crippen LogP contribution in [0.25, 0.3) is 21.2 Å². The van der Waals surface area contributed by atoms with Gasteiger partial charge in [-0.05, 0) is 52.9 Å². The van der Waals surface area contributed by atoms with Crippen LogP contribution in [0, 0.1) is 0 Å². The van der Waals surface area contributed by atoms with Crippen LogP contribution in [0.3, 0.4) is 0 Å². The minimum absolute atomic E-state index is 0.0281. The third-order valence-electron chi connectivity index (χ3n) is 4.15. The topological polar surface area (TPSA) is 47.5 Å². The molecule has 0 amide bonds. The Morgan fingerprint density at radius 3 is 2.95 bits per heavy atom. The molecule has 0 saturated heterocycles. The van der Waals surface area contributed by atoms with Gasteiger partial charge in [-0.2, -0.15) is 0 Å². The zero-order valence-electron chi connectivity index (χ0n) is 12.1. The molecular weight excluding hydrogens is 292 g/mol. The number of fused-ring (bicyclic) bond motifs is 3. The number of allylic oxidation sites excluding steroid dienone is 4. The van der Waals surface area contributed by atoms with Crippen LogP contribution in [0.2, 0.25) is 0 Å². The first kappa shape index (κ1) is 13.5. The summed E-state index contributed by atoms with van der Waals surface area (Å²) >= 11 is 1.65. The van der Waals surface area contributed by atoms with E-state index in [2.05, 4.69) is 23.6 Å². The second kappa shape index (κ2) is 5.23. The fourth-order valence-electron chi connectivity index (χ4n) is 3.06. The first-order valence-electron chi connectivity index (χ1n) is 7.41. The van der Waals surface area contributed by atoms with Crippen molar-refractivity contribution < 1.29 is 0 Å². The van der Waals surface area contributed by atoms with Crippen molar-refractivity contribution in [2.75, 3.05) is 0 Å². The van der Waals surface area contributed by atoms with Gasteiger partial charge in [0.25, 0.3) is 5.56 Å². The molecule has 0 unspecified atom stereocenters. The van der Waals surface area contributed by atoms with Gasteiger partial charge in [-0.1, -0.05) is 18.2 Å². The second-order valence-electron chi connectivity index (χ2n) is 5.47. The summed E-state index contributed by atoms with van der Waals surface area (Å²) in [5.41, 5.74) is 9.72. The highest BCUT2D eigenvalue weighted by atomic mass is 32.1. The van der Waals surface area contributed by atoms with E-state index in [4.69, 9.17) is 5.73 Å². The van der Waals surface area contributed by atoms with Crippen molar-refractivity contribution >= 4 is 32.5 Å². The normalized spacial score (nSPS) is 14.7. The lowest BCUT2D eigenvalue weighted by molar-refractivity contribution is 1.01. The molecule has 0 atom stereocenters. The minimum Gasteiger partial charge on any atom is -0.326 e. The Kier molecular flexibility index (Phi) is 3.21. The summed E-state index contributed by atoms with van der Waals surface area (Å²) < 4.78 is 2.87. The molecule has 1 aliphatic rings. The monoisotopic (exact) mass is 308 g/mol. The minimum atomic E-state index is 0.0281. The Morgan fingerprint density at radius 1 is 1.27 bits per heavy atom. The molecule has 4 heteroatoms. The van der Waals surface area contributed by atoms with E-state index in [1.807, 2.05) is 24.4 Å². The molecule has 0 spiro atoms. The summed E-state index contributed by atoms with van der Waals surface area (Å²) in [7, 11) is 0. The fraction of sp³-hybridized carbons (Fsp3) is 0.167. The van der Waals surface area contributed by atoms with Crippen molar-refractivity contribution in [2.45, 2.75) is 19.4 Å². The molecule has 0 saturated carbocycles. The highest BCUT2D eigenvalue weighted by molar-refractivity contribution is 7.18. The first-order chi connectivity index (χ1) is 10.8. The Labute approximate surface area is 132 Å². The molecule has 0 aliphatic heterocycles. The van der Waals surface area contributed by atoms with E-state index in [9.17, 15) is 4.79 Å². The molecule has 0 aromatic carbocycles. The highest BCUT2D eigenvalue weighted by Crippen LogP contribution is 2.29. The van der Waals surface area contributed by atoms with E-state index < -0.39 is 0 Å². The number of aromatic nitrogens is 1. The molecule has 0 radical (unpaired) electrons. The molecule has 0 fully saturated rings. The second-order valence-corrected chi connectivity index (χ2v) is 6.39. The van der Waals surface area contributed by atoms with Gasteiger partial charge in [-0.25, -0.2) is 0 Å². The number of thiophene rings is 1. The molecule has 3 nitrogen and oxygen atoms in total. The van der Waals surface area contributed by atoms with E-state index in [0.717, 1.165) is 45.1 Å². The molecule has 3 aromatic heterocycles. The summed E-state index contributed by atoms with van der Waals surface area (Å²) in [4.78, 5) is 12.9. The zero-order chi connectivity index (χ0) is 15.1. The number of hydrogen-bond donors (Lipinski definition) is 1. The SMILES string of the molecule is NCc1cc(C2=CCCC=C2)c(=O)n2ccc3ccsc3c12. The lowest BCUT2D eigenvalue weighted by Gasteiger charge is -2.13. The Balaban J connectivity index is 2.11. The van der Waals surface area contributed by atoms with Crippen molar-refractivity contribution in [3.05, 3.63) is 69.5 Å². The van der Waals surface area contributed by atoms with E-state index in [1.165, 1.54) is 0 Å². The molecule has 110 valence electrons. The summed E-state index contributed by atoms with van der Waals surface area (Å²) in [5.74, 6) is 0. The van der Waals surface area contributed by atoms with Gasteiger partial charge < -0.3 is 5.73 Å². The molecule has 1 aliphatic carbocycles. The predicted molar refractivity (Wildman–Crippen MR) is 93.3 cm³/mol. The Morgan fingerprint density at radius 2 is 2.18 bits per heavy atom. The smallest absolute Gasteiger partial charge is 0.263 e. The largest absolute Gasteiger partial charge is 0.326 e. The average Bonchev–Trinajstić information content (AvgIpc) is 3.05. The van der Waals surface area contributed by atoms with Gasteiger partial charge in [-0.15, -0.1) is 11.3 Å². The summed E-state index contributed by atoms with van der Waals surface area (Å²) in [6.07, 6.45) is 10.2. The molecule has 3 heterocycles. The highest BCUT2D eigenvalue weighted by Gasteiger charge is 2.14. The molecule has 2 N–H and O–H groups in total. The van der Waals surface area contributed by atoms with E-state index in [0.29, 0.717) is 6.54 Å². The third kappa shape index (κ3) is 1.95. The third-order valence-corrected chi connectivity index (χ3v) is 5.09. The molecular formula is C18H16N2OS. The van der Waals surface area contributed by atoms with Crippen molar-refractivity contribution in [2.24, 2.45) is 5.73 Å². The number of nitrogens with two attached hydrogens (primary N) is 1. The average molecular weight is 308 g/mol. The maximum Gasteiger partial charge on any atom is 0.263 e. The van der Waals surface area contributed by atoms with Gasteiger partial charge in [0.1, 0.15) is 0 Å². The number of nitrogens with zero attached hydrogens (tertiary/aromatic N) is 1. The lowest BCUT2D eigenvalue weighted by atomic mass is 9.98.